The van der Waals surface area contributed by atoms with E-state index in [1.807, 2.05) is 0 Å². The van der Waals surface area contributed by atoms with Crippen LogP contribution < -0.4 is 5.32 Å². The van der Waals surface area contributed by atoms with Gasteiger partial charge in [-0.15, -0.1) is 10.2 Å². The Morgan fingerprint density at radius 1 is 1.24 bits per heavy atom. The van der Waals surface area contributed by atoms with E-state index in [-0.39, 0.29) is 5.91 Å². The molecule has 0 bridgehead atoms. The predicted octanol–water partition coefficient (Wildman–Crippen LogP) is 1.34. The Kier molecular flexibility index (Phi) is 6.81. The molecule has 0 radical (unpaired) electrons. The SMILES string of the molecule is COCCCNC(=O)CN1CCC[C@@H](c2nnc3n2CCCCC3)C1. The van der Waals surface area contributed by atoms with Gasteiger partial charge in [0.05, 0.1) is 6.54 Å². The second kappa shape index (κ2) is 9.29. The number of nitrogens with zero attached hydrogens (tertiary/aromatic N) is 4. The van der Waals surface area contributed by atoms with E-state index >= 15 is 0 Å². The van der Waals surface area contributed by atoms with Gasteiger partial charge in [0, 0.05) is 45.7 Å². The highest BCUT2D eigenvalue weighted by Gasteiger charge is 2.28. The van der Waals surface area contributed by atoms with Crippen molar-refractivity contribution in [2.75, 3.05) is 39.9 Å². The molecule has 1 aromatic heterocycles. The van der Waals surface area contributed by atoms with E-state index in [0.29, 0.717) is 25.6 Å². The number of piperidine rings is 1. The molecule has 7 nitrogen and oxygen atoms in total. The summed E-state index contributed by atoms with van der Waals surface area (Å²) in [7, 11) is 1.68. The first kappa shape index (κ1) is 18.3. The van der Waals surface area contributed by atoms with Crippen molar-refractivity contribution in [3.63, 3.8) is 0 Å². The van der Waals surface area contributed by atoms with Gasteiger partial charge >= 0.3 is 0 Å². The maximum absolute atomic E-state index is 12.1. The van der Waals surface area contributed by atoms with Crippen LogP contribution in [0.1, 0.15) is 56.1 Å². The summed E-state index contributed by atoms with van der Waals surface area (Å²) in [5, 5.41) is 11.9. The van der Waals surface area contributed by atoms with Gasteiger partial charge in [0.1, 0.15) is 11.6 Å². The predicted molar refractivity (Wildman–Crippen MR) is 95.5 cm³/mol. The Bertz CT molecular complexity index is 560. The van der Waals surface area contributed by atoms with Gasteiger partial charge in [0.2, 0.25) is 5.91 Å². The standard InChI is InChI=1S/C18H31N5O2/c1-25-12-6-9-19-17(24)14-22-10-5-7-15(13-22)18-21-20-16-8-3-2-4-11-23(16)18/h15H,2-14H2,1H3,(H,19,24)/t15-/m1/s1. The number of likely N-dealkylation sites (tertiary alicyclic amines) is 1. The Morgan fingerprint density at radius 3 is 3.04 bits per heavy atom. The first-order valence-corrected chi connectivity index (χ1v) is 9.68. The molecule has 3 rings (SSSR count). The Morgan fingerprint density at radius 2 is 2.16 bits per heavy atom. The van der Waals surface area contributed by atoms with Crippen LogP contribution in [0.3, 0.4) is 0 Å². The van der Waals surface area contributed by atoms with Gasteiger partial charge in [-0.3, -0.25) is 9.69 Å². The van der Waals surface area contributed by atoms with Crippen molar-refractivity contribution < 1.29 is 9.53 Å². The zero-order valence-electron chi connectivity index (χ0n) is 15.4. The summed E-state index contributed by atoms with van der Waals surface area (Å²) in [6.07, 6.45) is 7.89. The van der Waals surface area contributed by atoms with Crippen LogP contribution >= 0.6 is 0 Å². The number of fused-ring (bicyclic) bond motifs is 1. The number of ether oxygens (including phenoxy) is 1. The third-order valence-corrected chi connectivity index (χ3v) is 5.22. The van der Waals surface area contributed by atoms with Gasteiger partial charge in [0.15, 0.2) is 0 Å². The molecule has 1 amide bonds. The van der Waals surface area contributed by atoms with Crippen LogP contribution in [0.5, 0.6) is 0 Å². The van der Waals surface area contributed by atoms with Crippen LogP contribution in [0.25, 0.3) is 0 Å². The fraction of sp³-hybridized carbons (Fsp3) is 0.833. The number of nitrogens with one attached hydrogen (secondary N) is 1. The van der Waals surface area contributed by atoms with Gasteiger partial charge in [-0.2, -0.15) is 0 Å². The number of amides is 1. The molecule has 1 atom stereocenters. The van der Waals surface area contributed by atoms with Gasteiger partial charge in [-0.1, -0.05) is 6.42 Å². The minimum absolute atomic E-state index is 0.108. The fourth-order valence-corrected chi connectivity index (χ4v) is 3.92. The maximum Gasteiger partial charge on any atom is 0.234 e. The molecule has 1 saturated heterocycles. The van der Waals surface area contributed by atoms with E-state index in [2.05, 4.69) is 25.0 Å². The molecule has 2 aliphatic rings. The van der Waals surface area contributed by atoms with Crippen LogP contribution in [-0.2, 0) is 22.5 Å². The van der Waals surface area contributed by atoms with E-state index in [1.165, 1.54) is 19.3 Å². The number of methoxy groups -OCH3 is 1. The van der Waals surface area contributed by atoms with E-state index in [0.717, 1.165) is 57.0 Å². The highest BCUT2D eigenvalue weighted by atomic mass is 16.5. The van der Waals surface area contributed by atoms with E-state index in [9.17, 15) is 4.79 Å². The van der Waals surface area contributed by atoms with Crippen molar-refractivity contribution in [3.05, 3.63) is 11.6 Å². The molecule has 140 valence electrons. The molecular formula is C18H31N5O2. The van der Waals surface area contributed by atoms with Gasteiger partial charge in [0.25, 0.3) is 0 Å². The monoisotopic (exact) mass is 349 g/mol. The highest BCUT2D eigenvalue weighted by molar-refractivity contribution is 5.77. The summed E-state index contributed by atoms with van der Waals surface area (Å²) in [5.41, 5.74) is 0. The zero-order valence-corrected chi connectivity index (χ0v) is 15.4. The third kappa shape index (κ3) is 5.01. The highest BCUT2D eigenvalue weighted by Crippen LogP contribution is 2.27. The molecule has 0 aromatic carbocycles. The van der Waals surface area contributed by atoms with Crippen molar-refractivity contribution in [2.45, 2.75) is 57.4 Å². The van der Waals surface area contributed by atoms with Crippen LogP contribution in [-0.4, -0.2) is 65.5 Å². The molecule has 0 unspecified atom stereocenters. The minimum Gasteiger partial charge on any atom is -0.385 e. The largest absolute Gasteiger partial charge is 0.385 e. The lowest BCUT2D eigenvalue weighted by atomic mass is 9.97. The molecule has 1 aromatic rings. The number of hydrogen-bond donors (Lipinski definition) is 1. The lowest BCUT2D eigenvalue weighted by Crippen LogP contribution is -2.42. The molecule has 1 fully saturated rings. The van der Waals surface area contributed by atoms with Crippen molar-refractivity contribution in [1.82, 2.24) is 25.0 Å². The quantitative estimate of drug-likeness (QED) is 0.752. The average molecular weight is 349 g/mol. The van der Waals surface area contributed by atoms with Gasteiger partial charge < -0.3 is 14.6 Å². The second-order valence-corrected chi connectivity index (χ2v) is 7.21. The summed E-state index contributed by atoms with van der Waals surface area (Å²) in [6, 6.07) is 0. The van der Waals surface area contributed by atoms with Crippen LogP contribution in [0.4, 0.5) is 0 Å². The molecule has 0 spiro atoms. The van der Waals surface area contributed by atoms with Crippen LogP contribution in [0.2, 0.25) is 0 Å². The Hall–Kier alpha value is -1.47. The molecule has 0 aliphatic carbocycles. The maximum atomic E-state index is 12.1. The lowest BCUT2D eigenvalue weighted by molar-refractivity contribution is -0.122. The zero-order chi connectivity index (χ0) is 17.5. The minimum atomic E-state index is 0.108. The molecule has 25 heavy (non-hydrogen) atoms. The van der Waals surface area contributed by atoms with Crippen molar-refractivity contribution in [1.29, 1.82) is 0 Å². The smallest absolute Gasteiger partial charge is 0.234 e. The number of carbonyl (C=O) groups excluding carboxylic acids is 1. The van der Waals surface area contributed by atoms with Crippen LogP contribution in [0.15, 0.2) is 0 Å². The lowest BCUT2D eigenvalue weighted by Gasteiger charge is -2.31. The molecule has 0 saturated carbocycles. The van der Waals surface area contributed by atoms with E-state index < -0.39 is 0 Å². The average Bonchev–Trinajstić information content (AvgIpc) is 2.87. The van der Waals surface area contributed by atoms with Gasteiger partial charge in [-0.25, -0.2) is 0 Å². The number of rotatable bonds is 7. The van der Waals surface area contributed by atoms with Crippen molar-refractivity contribution in [3.8, 4) is 0 Å². The summed E-state index contributed by atoms with van der Waals surface area (Å²) >= 11 is 0. The normalized spacial score (nSPS) is 21.6. The molecule has 2 aliphatic heterocycles. The topological polar surface area (TPSA) is 72.3 Å². The molecule has 7 heteroatoms. The van der Waals surface area contributed by atoms with Crippen molar-refractivity contribution in [2.24, 2.45) is 0 Å². The number of carbonyl (C=O) groups is 1. The summed E-state index contributed by atoms with van der Waals surface area (Å²) in [6.45, 7) is 4.79. The fourth-order valence-electron chi connectivity index (χ4n) is 3.92. The first-order valence-electron chi connectivity index (χ1n) is 9.68. The van der Waals surface area contributed by atoms with Crippen molar-refractivity contribution >= 4 is 5.91 Å². The van der Waals surface area contributed by atoms with E-state index in [1.54, 1.807) is 7.11 Å². The molecular weight excluding hydrogens is 318 g/mol. The second-order valence-electron chi connectivity index (χ2n) is 7.21. The number of hydrogen-bond acceptors (Lipinski definition) is 5. The number of aryl methyl sites for hydroxylation is 1. The third-order valence-electron chi connectivity index (χ3n) is 5.22. The molecule has 3 heterocycles. The van der Waals surface area contributed by atoms with Crippen LogP contribution in [0, 0.1) is 0 Å². The molecule has 1 N–H and O–H groups in total. The summed E-state index contributed by atoms with van der Waals surface area (Å²) < 4.78 is 7.36. The summed E-state index contributed by atoms with van der Waals surface area (Å²) in [5.74, 6) is 2.80. The Balaban J connectivity index is 1.53. The van der Waals surface area contributed by atoms with Gasteiger partial charge in [-0.05, 0) is 38.6 Å². The Labute approximate surface area is 150 Å². The number of aromatic nitrogens is 3. The summed E-state index contributed by atoms with van der Waals surface area (Å²) in [4.78, 5) is 14.4. The first-order chi connectivity index (χ1) is 12.3. The van der Waals surface area contributed by atoms with E-state index in [4.69, 9.17) is 4.74 Å².